The Morgan fingerprint density at radius 3 is 1.52 bits per heavy atom. The molecule has 9 aromatic carbocycles. The molecule has 0 saturated heterocycles. The van der Waals surface area contributed by atoms with Gasteiger partial charge < -0.3 is 13.6 Å². The highest BCUT2D eigenvalue weighted by Gasteiger charge is 2.27. The molecule has 324 valence electrons. The van der Waals surface area contributed by atoms with Crippen molar-refractivity contribution in [3.05, 3.63) is 224 Å². The highest BCUT2D eigenvalue weighted by Crippen LogP contribution is 2.48. The average molecular weight is 884 g/mol. The lowest BCUT2D eigenvalue weighted by Gasteiger charge is -2.21. The fourth-order valence-electron chi connectivity index (χ4n) is 10.8. The molecule has 0 saturated carbocycles. The molecule has 0 fully saturated rings. The molecule has 1 aliphatic rings. The van der Waals surface area contributed by atoms with Crippen molar-refractivity contribution in [1.29, 1.82) is 0 Å². The number of aromatic nitrogens is 5. The zero-order valence-electron chi connectivity index (χ0n) is 37.4. The van der Waals surface area contributed by atoms with Crippen molar-refractivity contribution < 1.29 is 4.42 Å². The fourth-order valence-corrected chi connectivity index (χ4v) is 10.8. The molecule has 0 spiro atoms. The van der Waals surface area contributed by atoms with Gasteiger partial charge in [0.25, 0.3) is 0 Å². The Kier molecular flexibility index (Phi) is 8.92. The predicted molar refractivity (Wildman–Crippen MR) is 284 cm³/mol. The van der Waals surface area contributed by atoms with E-state index < -0.39 is 0 Å². The van der Waals surface area contributed by atoms with Gasteiger partial charge in [-0.05, 0) is 78.6 Å². The van der Waals surface area contributed by atoms with Gasteiger partial charge in [0.1, 0.15) is 11.2 Å². The molecule has 0 radical (unpaired) electrons. The zero-order chi connectivity index (χ0) is 45.4. The molecule has 4 aromatic heterocycles. The van der Waals surface area contributed by atoms with Crippen molar-refractivity contribution in [2.45, 2.75) is 12.8 Å². The average Bonchev–Trinajstić information content (AvgIpc) is 4.09. The first-order chi connectivity index (χ1) is 34.2. The highest BCUT2D eigenvalue weighted by molar-refractivity contribution is 6.30. The smallest absolute Gasteiger partial charge is 0.164 e. The third kappa shape index (κ3) is 6.23. The Labute approximate surface area is 397 Å². The molecule has 1 aliphatic carbocycles. The maximum Gasteiger partial charge on any atom is 0.164 e. The van der Waals surface area contributed by atoms with Crippen LogP contribution in [0.4, 0.5) is 0 Å². The minimum Gasteiger partial charge on any atom is -0.455 e. The van der Waals surface area contributed by atoms with Gasteiger partial charge in [-0.25, -0.2) is 15.0 Å². The van der Waals surface area contributed by atoms with E-state index in [0.29, 0.717) is 17.5 Å². The van der Waals surface area contributed by atoms with Gasteiger partial charge in [0.2, 0.25) is 0 Å². The van der Waals surface area contributed by atoms with Crippen LogP contribution in [0.25, 0.3) is 133 Å². The van der Waals surface area contributed by atoms with Crippen LogP contribution in [0.15, 0.2) is 229 Å². The van der Waals surface area contributed by atoms with Crippen molar-refractivity contribution in [2.24, 2.45) is 0 Å². The number of para-hydroxylation sites is 2. The summed E-state index contributed by atoms with van der Waals surface area (Å²) in [6, 6.07) is 72.8. The molecule has 13 aromatic rings. The summed E-state index contributed by atoms with van der Waals surface area (Å²) in [6.45, 7) is 0. The van der Waals surface area contributed by atoms with Crippen molar-refractivity contribution in [3.63, 3.8) is 0 Å². The Hall–Kier alpha value is -9.13. The number of allylic oxidation sites excluding steroid dienone is 4. The maximum atomic E-state index is 7.19. The number of furan rings is 1. The van der Waals surface area contributed by atoms with Crippen molar-refractivity contribution in [2.75, 3.05) is 0 Å². The molecular weight excluding hydrogens is 843 g/mol. The molecule has 0 N–H and O–H groups in total. The number of benzene rings is 9. The van der Waals surface area contributed by atoms with E-state index in [0.717, 1.165) is 101 Å². The first kappa shape index (κ1) is 39.1. The van der Waals surface area contributed by atoms with Gasteiger partial charge in [0, 0.05) is 55.1 Å². The maximum absolute atomic E-state index is 7.19. The highest BCUT2D eigenvalue weighted by atomic mass is 16.3. The predicted octanol–water partition coefficient (Wildman–Crippen LogP) is 16.5. The Bertz CT molecular complexity index is 4100. The molecule has 6 heteroatoms. The van der Waals surface area contributed by atoms with Crippen molar-refractivity contribution in [3.8, 4) is 62.1 Å². The number of fused-ring (bicyclic) bond motifs is 11. The summed E-state index contributed by atoms with van der Waals surface area (Å²) in [5, 5.41) is 6.90. The monoisotopic (exact) mass is 883 g/mol. The Morgan fingerprint density at radius 1 is 0.406 bits per heavy atom. The first-order valence-corrected chi connectivity index (χ1v) is 23.6. The molecule has 0 amide bonds. The van der Waals surface area contributed by atoms with E-state index in [9.17, 15) is 0 Å². The summed E-state index contributed by atoms with van der Waals surface area (Å²) < 4.78 is 12.1. The van der Waals surface area contributed by atoms with Gasteiger partial charge in [-0.3, -0.25) is 0 Å². The first-order valence-electron chi connectivity index (χ1n) is 23.6. The largest absolute Gasteiger partial charge is 0.455 e. The number of hydrogen-bond acceptors (Lipinski definition) is 4. The molecule has 0 unspecified atom stereocenters. The second-order valence-corrected chi connectivity index (χ2v) is 17.8. The zero-order valence-corrected chi connectivity index (χ0v) is 37.4. The normalized spacial score (nSPS) is 12.8. The second kappa shape index (κ2) is 15.8. The quantitative estimate of drug-likeness (QED) is 0.160. The summed E-state index contributed by atoms with van der Waals surface area (Å²) in [5.41, 5.74) is 15.6. The van der Waals surface area contributed by atoms with E-state index in [1.54, 1.807) is 0 Å². The van der Waals surface area contributed by atoms with Gasteiger partial charge in [-0.2, -0.15) is 0 Å². The third-order valence-electron chi connectivity index (χ3n) is 13.8. The van der Waals surface area contributed by atoms with Gasteiger partial charge in [0.15, 0.2) is 17.5 Å². The van der Waals surface area contributed by atoms with Gasteiger partial charge >= 0.3 is 0 Å². The van der Waals surface area contributed by atoms with Crippen LogP contribution in [-0.2, 0) is 0 Å². The summed E-state index contributed by atoms with van der Waals surface area (Å²) in [4.78, 5) is 15.5. The number of rotatable bonds is 7. The van der Waals surface area contributed by atoms with E-state index in [-0.39, 0.29) is 0 Å². The van der Waals surface area contributed by atoms with Crippen LogP contribution < -0.4 is 0 Å². The van der Waals surface area contributed by atoms with Crippen molar-refractivity contribution >= 4 is 71.2 Å². The Morgan fingerprint density at radius 2 is 0.928 bits per heavy atom. The molecule has 6 nitrogen and oxygen atoms in total. The van der Waals surface area contributed by atoms with E-state index >= 15 is 0 Å². The van der Waals surface area contributed by atoms with Gasteiger partial charge in [-0.1, -0.05) is 170 Å². The lowest BCUT2D eigenvalue weighted by Crippen LogP contribution is -2.04. The Balaban J connectivity index is 1.08. The molecule has 69 heavy (non-hydrogen) atoms. The van der Waals surface area contributed by atoms with Gasteiger partial charge in [-0.15, -0.1) is 0 Å². The third-order valence-corrected chi connectivity index (χ3v) is 13.8. The van der Waals surface area contributed by atoms with E-state index in [2.05, 4.69) is 197 Å². The molecule has 0 aliphatic heterocycles. The van der Waals surface area contributed by atoms with Crippen LogP contribution in [-0.4, -0.2) is 24.1 Å². The summed E-state index contributed by atoms with van der Waals surface area (Å²) >= 11 is 0. The van der Waals surface area contributed by atoms with Crippen LogP contribution in [0.5, 0.6) is 0 Å². The van der Waals surface area contributed by atoms with Gasteiger partial charge in [0.05, 0.1) is 38.5 Å². The molecule has 0 bridgehead atoms. The van der Waals surface area contributed by atoms with Crippen LogP contribution in [0.2, 0.25) is 0 Å². The van der Waals surface area contributed by atoms with Crippen LogP contribution >= 0.6 is 0 Å². The summed E-state index contributed by atoms with van der Waals surface area (Å²) in [6.07, 6.45) is 8.70. The van der Waals surface area contributed by atoms with E-state index in [4.69, 9.17) is 19.4 Å². The number of hydrogen-bond donors (Lipinski definition) is 0. The van der Waals surface area contributed by atoms with Crippen LogP contribution in [0.1, 0.15) is 12.8 Å². The van der Waals surface area contributed by atoms with Crippen LogP contribution in [0, 0.1) is 0 Å². The lowest BCUT2D eigenvalue weighted by atomic mass is 9.92. The lowest BCUT2D eigenvalue weighted by molar-refractivity contribution is 0.673. The minimum atomic E-state index is 0.596. The number of nitrogens with zero attached hydrogens (tertiary/aromatic N) is 5. The standard InChI is InChI=1S/C63H41N5O/c1-6-20-40(21-7-1)50-38-44(63-65-61(42-24-10-3-11-25-42)64-62(66-63)43-26-12-4-13-27-43)39-51(41-22-8-2-9-23-41)58(50)68-53-33-19-17-31-48(53)56-54(68)36-34-49-57-55(69-60(49)56)37-35-47-46-30-16-18-32-52(46)67(59(47)57)45-28-14-5-15-29-45/h1-14,16-28,30-39H,15,29H2. The molecular formula is C63H41N5O. The molecule has 14 rings (SSSR count). The second-order valence-electron chi connectivity index (χ2n) is 17.8. The minimum absolute atomic E-state index is 0.596. The van der Waals surface area contributed by atoms with Crippen molar-refractivity contribution in [1.82, 2.24) is 24.1 Å². The SMILES string of the molecule is C1=CCCC(n2c3ccccc3c3ccc4oc5c(ccc6c5c5ccccc5n6-c5c(-c6ccccc6)cc(-c6nc(-c7ccccc7)nc(-c7ccccc7)n6)cc5-c5ccccc5)c4c32)=C1. The fraction of sp³-hybridized carbons (Fsp3) is 0.0317. The summed E-state index contributed by atoms with van der Waals surface area (Å²) in [7, 11) is 0. The topological polar surface area (TPSA) is 61.7 Å². The molecule has 0 atom stereocenters. The molecule has 4 heterocycles. The van der Waals surface area contributed by atoms with E-state index in [1.165, 1.54) is 27.5 Å². The van der Waals surface area contributed by atoms with E-state index in [1.807, 2.05) is 36.4 Å². The summed E-state index contributed by atoms with van der Waals surface area (Å²) in [5.74, 6) is 1.83. The van der Waals surface area contributed by atoms with Crippen LogP contribution in [0.3, 0.4) is 0 Å².